The van der Waals surface area contributed by atoms with Gasteiger partial charge >= 0.3 is 0 Å². The molecule has 0 N–H and O–H groups in total. The standard InChI is InChI=1S/C22H23N3O/c1-24(16-18-6-4-8-21-20(18)7-5-13-23-21)22(26)17-9-11-19(12-10-17)25-14-2-3-15-25/h4-13H,2-3,14-16H2,1H3. The Morgan fingerprint density at radius 3 is 2.58 bits per heavy atom. The number of carbonyl (C=O) groups excluding carboxylic acids is 1. The van der Waals surface area contributed by atoms with Gasteiger partial charge in [0.05, 0.1) is 5.52 Å². The van der Waals surface area contributed by atoms with Crippen LogP contribution in [0.1, 0.15) is 28.8 Å². The van der Waals surface area contributed by atoms with E-state index in [9.17, 15) is 4.79 Å². The zero-order chi connectivity index (χ0) is 17.9. The lowest BCUT2D eigenvalue weighted by Gasteiger charge is -2.20. The van der Waals surface area contributed by atoms with Gasteiger partial charge in [0.25, 0.3) is 5.91 Å². The number of pyridine rings is 1. The number of amides is 1. The molecule has 4 nitrogen and oxygen atoms in total. The highest BCUT2D eigenvalue weighted by atomic mass is 16.2. The summed E-state index contributed by atoms with van der Waals surface area (Å²) in [5.41, 5.74) is 4.01. The van der Waals surface area contributed by atoms with Gasteiger partial charge in [-0.2, -0.15) is 0 Å². The smallest absolute Gasteiger partial charge is 0.253 e. The molecule has 1 fully saturated rings. The lowest BCUT2D eigenvalue weighted by Crippen LogP contribution is -2.26. The molecule has 1 aromatic heterocycles. The maximum Gasteiger partial charge on any atom is 0.253 e. The first-order valence-electron chi connectivity index (χ1n) is 9.15. The van der Waals surface area contributed by atoms with Crippen LogP contribution in [0.2, 0.25) is 0 Å². The van der Waals surface area contributed by atoms with Gasteiger partial charge in [0.1, 0.15) is 0 Å². The third kappa shape index (κ3) is 3.27. The highest BCUT2D eigenvalue weighted by molar-refractivity contribution is 5.94. The van der Waals surface area contributed by atoms with Gasteiger partial charge in [-0.05, 0) is 54.8 Å². The Balaban J connectivity index is 1.50. The molecule has 2 aromatic carbocycles. The molecule has 0 unspecified atom stereocenters. The van der Waals surface area contributed by atoms with E-state index in [2.05, 4.69) is 34.1 Å². The summed E-state index contributed by atoms with van der Waals surface area (Å²) in [5, 5.41) is 1.10. The molecule has 132 valence electrons. The van der Waals surface area contributed by atoms with Crippen molar-refractivity contribution in [2.24, 2.45) is 0 Å². The third-order valence-electron chi connectivity index (χ3n) is 5.08. The number of aromatic nitrogens is 1. The largest absolute Gasteiger partial charge is 0.372 e. The Kier molecular flexibility index (Phi) is 4.57. The summed E-state index contributed by atoms with van der Waals surface area (Å²) < 4.78 is 0. The Hall–Kier alpha value is -2.88. The molecule has 3 aromatic rings. The fourth-order valence-electron chi connectivity index (χ4n) is 3.64. The molecular formula is C22H23N3O. The van der Waals surface area contributed by atoms with Crippen LogP contribution in [0, 0.1) is 0 Å². The van der Waals surface area contributed by atoms with E-state index >= 15 is 0 Å². The van der Waals surface area contributed by atoms with Gasteiger partial charge in [0.2, 0.25) is 0 Å². The first kappa shape index (κ1) is 16.6. The van der Waals surface area contributed by atoms with E-state index in [0.29, 0.717) is 6.54 Å². The van der Waals surface area contributed by atoms with Crippen LogP contribution in [0.5, 0.6) is 0 Å². The van der Waals surface area contributed by atoms with Crippen LogP contribution >= 0.6 is 0 Å². The highest BCUT2D eigenvalue weighted by Crippen LogP contribution is 2.22. The number of rotatable bonds is 4. The average molecular weight is 345 g/mol. The Morgan fingerprint density at radius 1 is 1.04 bits per heavy atom. The lowest BCUT2D eigenvalue weighted by molar-refractivity contribution is 0.0785. The van der Waals surface area contributed by atoms with E-state index in [4.69, 9.17) is 0 Å². The van der Waals surface area contributed by atoms with Crippen molar-refractivity contribution in [2.45, 2.75) is 19.4 Å². The van der Waals surface area contributed by atoms with Crippen LogP contribution < -0.4 is 4.90 Å². The number of fused-ring (bicyclic) bond motifs is 1. The van der Waals surface area contributed by atoms with E-state index in [1.165, 1.54) is 18.5 Å². The minimum atomic E-state index is 0.0406. The predicted molar refractivity (Wildman–Crippen MR) is 105 cm³/mol. The molecule has 0 saturated carbocycles. The first-order valence-corrected chi connectivity index (χ1v) is 9.15. The Bertz CT molecular complexity index is 909. The maximum atomic E-state index is 12.8. The number of benzene rings is 2. The molecule has 26 heavy (non-hydrogen) atoms. The summed E-state index contributed by atoms with van der Waals surface area (Å²) in [6.45, 7) is 2.79. The molecule has 0 bridgehead atoms. The van der Waals surface area contributed by atoms with Crippen LogP contribution in [0.15, 0.2) is 60.8 Å². The van der Waals surface area contributed by atoms with Crippen molar-refractivity contribution in [3.63, 3.8) is 0 Å². The Labute approximate surface area is 154 Å². The quantitative estimate of drug-likeness (QED) is 0.714. The van der Waals surface area contributed by atoms with Gasteiger partial charge in [-0.3, -0.25) is 9.78 Å². The molecule has 0 atom stereocenters. The predicted octanol–water partition coefficient (Wildman–Crippen LogP) is 4.11. The summed E-state index contributed by atoms with van der Waals surface area (Å²) in [4.78, 5) is 21.4. The minimum absolute atomic E-state index is 0.0406. The van der Waals surface area contributed by atoms with Gasteiger partial charge in [-0.15, -0.1) is 0 Å². The SMILES string of the molecule is CN(Cc1cccc2ncccc12)C(=O)c1ccc(N2CCCC2)cc1. The van der Waals surface area contributed by atoms with Crippen molar-refractivity contribution >= 4 is 22.5 Å². The number of carbonyl (C=O) groups is 1. The zero-order valence-corrected chi connectivity index (χ0v) is 15.1. The van der Waals surface area contributed by atoms with E-state index in [-0.39, 0.29) is 5.91 Å². The second-order valence-corrected chi connectivity index (χ2v) is 6.89. The van der Waals surface area contributed by atoms with E-state index in [1.54, 1.807) is 11.1 Å². The zero-order valence-electron chi connectivity index (χ0n) is 15.1. The van der Waals surface area contributed by atoms with Gasteiger partial charge < -0.3 is 9.80 Å². The van der Waals surface area contributed by atoms with Crippen LogP contribution in [-0.4, -0.2) is 35.9 Å². The Morgan fingerprint density at radius 2 is 1.81 bits per heavy atom. The molecule has 1 aliphatic rings. The van der Waals surface area contributed by atoms with Crippen molar-refractivity contribution in [2.75, 3.05) is 25.0 Å². The van der Waals surface area contributed by atoms with E-state index in [1.807, 2.05) is 37.4 Å². The molecule has 1 amide bonds. The number of nitrogens with zero attached hydrogens (tertiary/aromatic N) is 3. The summed E-state index contributed by atoms with van der Waals surface area (Å²) in [7, 11) is 1.85. The van der Waals surface area contributed by atoms with Crippen LogP contribution in [0.3, 0.4) is 0 Å². The first-order chi connectivity index (χ1) is 12.7. The van der Waals surface area contributed by atoms with Gasteiger partial charge in [0, 0.05) is 49.5 Å². The van der Waals surface area contributed by atoms with Gasteiger partial charge in [-0.1, -0.05) is 18.2 Å². The van der Waals surface area contributed by atoms with Crippen molar-refractivity contribution in [1.29, 1.82) is 0 Å². The summed E-state index contributed by atoms with van der Waals surface area (Å²) >= 11 is 0. The van der Waals surface area contributed by atoms with Crippen molar-refractivity contribution in [3.8, 4) is 0 Å². The molecule has 4 rings (SSSR count). The highest BCUT2D eigenvalue weighted by Gasteiger charge is 2.16. The van der Waals surface area contributed by atoms with Gasteiger partial charge in [0.15, 0.2) is 0 Å². The fraction of sp³-hybridized carbons (Fsp3) is 0.273. The average Bonchev–Trinajstić information content (AvgIpc) is 3.23. The second-order valence-electron chi connectivity index (χ2n) is 6.89. The summed E-state index contributed by atoms with van der Waals surface area (Å²) in [5.74, 6) is 0.0406. The fourth-order valence-corrected chi connectivity index (χ4v) is 3.64. The summed E-state index contributed by atoms with van der Waals surface area (Å²) in [6, 6.07) is 18.1. The molecule has 0 spiro atoms. The number of hydrogen-bond donors (Lipinski definition) is 0. The van der Waals surface area contributed by atoms with Crippen molar-refractivity contribution in [1.82, 2.24) is 9.88 Å². The van der Waals surface area contributed by atoms with Crippen molar-refractivity contribution in [3.05, 3.63) is 71.9 Å². The van der Waals surface area contributed by atoms with E-state index < -0.39 is 0 Å². The summed E-state index contributed by atoms with van der Waals surface area (Å²) in [6.07, 6.45) is 4.30. The van der Waals surface area contributed by atoms with Crippen molar-refractivity contribution < 1.29 is 4.79 Å². The van der Waals surface area contributed by atoms with Crippen LogP contribution in [0.4, 0.5) is 5.69 Å². The number of anilines is 1. The molecule has 0 radical (unpaired) electrons. The van der Waals surface area contributed by atoms with Crippen LogP contribution in [-0.2, 0) is 6.54 Å². The molecule has 1 saturated heterocycles. The lowest BCUT2D eigenvalue weighted by atomic mass is 10.1. The molecule has 0 aliphatic carbocycles. The van der Waals surface area contributed by atoms with Gasteiger partial charge in [-0.25, -0.2) is 0 Å². The number of hydrogen-bond acceptors (Lipinski definition) is 3. The molecule has 2 heterocycles. The maximum absolute atomic E-state index is 12.8. The monoisotopic (exact) mass is 345 g/mol. The third-order valence-corrected chi connectivity index (χ3v) is 5.08. The van der Waals surface area contributed by atoms with Crippen LogP contribution in [0.25, 0.3) is 10.9 Å². The normalized spacial score (nSPS) is 14.0. The molecular weight excluding hydrogens is 322 g/mol. The molecule has 1 aliphatic heterocycles. The van der Waals surface area contributed by atoms with E-state index in [0.717, 1.165) is 35.1 Å². The minimum Gasteiger partial charge on any atom is -0.372 e. The second kappa shape index (κ2) is 7.16. The molecule has 4 heteroatoms. The topological polar surface area (TPSA) is 36.4 Å².